The molecule has 9 heteroatoms. The Balaban J connectivity index is 1.53. The maximum Gasteiger partial charge on any atom is 0.325 e. The molecule has 3 rings (SSSR count). The number of nitrogens with zero attached hydrogens (tertiary/aromatic N) is 1. The first kappa shape index (κ1) is 18.8. The van der Waals surface area contributed by atoms with Gasteiger partial charge in [-0.3, -0.25) is 19.7 Å². The predicted molar refractivity (Wildman–Crippen MR) is 102 cm³/mol. The highest BCUT2D eigenvalue weighted by Crippen LogP contribution is 2.34. The minimum atomic E-state index is -0.626. The molecule has 0 atom stereocenters. The van der Waals surface area contributed by atoms with Crippen molar-refractivity contribution in [2.24, 2.45) is 0 Å². The second-order valence-electron chi connectivity index (χ2n) is 5.51. The SMILES string of the molecule is O=C(CNC(=O)c1sc2ccccc2c1Cl)OCc1ccc([N+](=O)[O-])cc1. The molecule has 0 bridgehead atoms. The monoisotopic (exact) mass is 404 g/mol. The van der Waals surface area contributed by atoms with E-state index < -0.39 is 16.8 Å². The molecule has 0 aliphatic rings. The number of ether oxygens (including phenoxy) is 1. The number of nitro groups is 1. The second-order valence-corrected chi connectivity index (χ2v) is 6.94. The lowest BCUT2D eigenvalue weighted by Crippen LogP contribution is -2.30. The largest absolute Gasteiger partial charge is 0.460 e. The number of halogens is 1. The summed E-state index contributed by atoms with van der Waals surface area (Å²) in [6, 6.07) is 13.0. The molecule has 3 aromatic rings. The van der Waals surface area contributed by atoms with Crippen molar-refractivity contribution in [3.8, 4) is 0 Å². The number of non-ortho nitro benzene ring substituents is 1. The second kappa shape index (κ2) is 8.15. The predicted octanol–water partition coefficient (Wildman–Crippen LogP) is 3.94. The number of nitro benzene ring substituents is 1. The fraction of sp³-hybridized carbons (Fsp3) is 0.111. The molecule has 0 radical (unpaired) electrons. The van der Waals surface area contributed by atoms with Gasteiger partial charge >= 0.3 is 5.97 Å². The maximum absolute atomic E-state index is 12.3. The third-order valence-electron chi connectivity index (χ3n) is 3.68. The lowest BCUT2D eigenvalue weighted by Gasteiger charge is -2.06. The van der Waals surface area contributed by atoms with Crippen molar-refractivity contribution in [1.29, 1.82) is 0 Å². The molecular formula is C18H13ClN2O5S. The van der Waals surface area contributed by atoms with Crippen LogP contribution in [0.3, 0.4) is 0 Å². The van der Waals surface area contributed by atoms with Crippen LogP contribution < -0.4 is 5.32 Å². The minimum absolute atomic E-state index is 0.0439. The maximum atomic E-state index is 12.3. The molecule has 0 aliphatic carbocycles. The fourth-order valence-electron chi connectivity index (χ4n) is 2.32. The zero-order valence-electron chi connectivity index (χ0n) is 13.8. The molecule has 1 N–H and O–H groups in total. The molecule has 1 aromatic heterocycles. The van der Waals surface area contributed by atoms with Gasteiger partial charge in [-0.15, -0.1) is 11.3 Å². The Bertz CT molecular complexity index is 1020. The number of carbonyl (C=O) groups is 2. The van der Waals surface area contributed by atoms with E-state index in [1.54, 1.807) is 0 Å². The summed E-state index contributed by atoms with van der Waals surface area (Å²) in [5.74, 6) is -1.08. The Morgan fingerprint density at radius 3 is 2.52 bits per heavy atom. The molecular weight excluding hydrogens is 392 g/mol. The number of hydrogen-bond donors (Lipinski definition) is 1. The third kappa shape index (κ3) is 4.42. The number of esters is 1. The van der Waals surface area contributed by atoms with Crippen LogP contribution in [-0.4, -0.2) is 23.3 Å². The first-order valence-corrected chi connectivity index (χ1v) is 8.99. The molecule has 1 heterocycles. The molecule has 0 fully saturated rings. The van der Waals surface area contributed by atoms with E-state index in [2.05, 4.69) is 5.32 Å². The zero-order chi connectivity index (χ0) is 19.4. The van der Waals surface area contributed by atoms with E-state index in [0.29, 0.717) is 15.5 Å². The molecule has 0 unspecified atom stereocenters. The zero-order valence-corrected chi connectivity index (χ0v) is 15.4. The molecule has 2 aromatic carbocycles. The van der Waals surface area contributed by atoms with E-state index >= 15 is 0 Å². The van der Waals surface area contributed by atoms with Crippen molar-refractivity contribution in [1.82, 2.24) is 5.32 Å². The van der Waals surface area contributed by atoms with Crippen LogP contribution in [-0.2, 0) is 16.1 Å². The smallest absolute Gasteiger partial charge is 0.325 e. The summed E-state index contributed by atoms with van der Waals surface area (Å²) in [4.78, 5) is 34.5. The van der Waals surface area contributed by atoms with Crippen molar-refractivity contribution in [3.05, 3.63) is 74.1 Å². The normalized spacial score (nSPS) is 10.6. The number of amides is 1. The molecule has 0 saturated carbocycles. The highest BCUT2D eigenvalue weighted by Gasteiger charge is 2.17. The average molecular weight is 405 g/mol. The Labute approximate surface area is 162 Å². The number of hydrogen-bond acceptors (Lipinski definition) is 6. The van der Waals surface area contributed by atoms with Crippen LogP contribution >= 0.6 is 22.9 Å². The summed E-state index contributed by atoms with van der Waals surface area (Å²) in [7, 11) is 0. The van der Waals surface area contributed by atoms with Crippen LogP contribution in [0.5, 0.6) is 0 Å². The van der Waals surface area contributed by atoms with Crippen LogP contribution in [0.1, 0.15) is 15.2 Å². The number of carbonyl (C=O) groups excluding carboxylic acids is 2. The number of thiophene rings is 1. The molecule has 138 valence electrons. The number of benzene rings is 2. The Kier molecular flexibility index (Phi) is 5.68. The van der Waals surface area contributed by atoms with Gasteiger partial charge in [0.05, 0.1) is 9.95 Å². The first-order valence-electron chi connectivity index (χ1n) is 7.80. The summed E-state index contributed by atoms with van der Waals surface area (Å²) >= 11 is 7.48. The summed E-state index contributed by atoms with van der Waals surface area (Å²) in [6.07, 6.45) is 0. The quantitative estimate of drug-likeness (QED) is 0.381. The lowest BCUT2D eigenvalue weighted by atomic mass is 10.2. The molecule has 0 aliphatic heterocycles. The number of fused-ring (bicyclic) bond motifs is 1. The van der Waals surface area contributed by atoms with Gasteiger partial charge in [0.25, 0.3) is 11.6 Å². The van der Waals surface area contributed by atoms with E-state index in [4.69, 9.17) is 16.3 Å². The van der Waals surface area contributed by atoms with E-state index in [0.717, 1.165) is 10.1 Å². The van der Waals surface area contributed by atoms with Gasteiger partial charge in [-0.1, -0.05) is 29.8 Å². The standard InChI is InChI=1S/C18H13ClN2O5S/c19-16-13-3-1-2-4-14(13)27-17(16)18(23)20-9-15(22)26-10-11-5-7-12(8-6-11)21(24)25/h1-8H,9-10H2,(H,20,23). The lowest BCUT2D eigenvalue weighted by molar-refractivity contribution is -0.384. The van der Waals surface area contributed by atoms with Gasteiger partial charge in [0.1, 0.15) is 18.0 Å². The van der Waals surface area contributed by atoms with Gasteiger partial charge in [0, 0.05) is 22.2 Å². The summed E-state index contributed by atoms with van der Waals surface area (Å²) in [5.41, 5.74) is 0.561. The van der Waals surface area contributed by atoms with Gasteiger partial charge in [-0.05, 0) is 23.8 Å². The molecule has 7 nitrogen and oxygen atoms in total. The van der Waals surface area contributed by atoms with E-state index in [9.17, 15) is 19.7 Å². The molecule has 27 heavy (non-hydrogen) atoms. The fourth-order valence-corrected chi connectivity index (χ4v) is 3.75. The Hall–Kier alpha value is -2.97. The number of rotatable bonds is 6. The van der Waals surface area contributed by atoms with Gasteiger partial charge < -0.3 is 10.1 Å². The van der Waals surface area contributed by atoms with Crippen LogP contribution in [0.4, 0.5) is 5.69 Å². The van der Waals surface area contributed by atoms with Gasteiger partial charge in [-0.2, -0.15) is 0 Å². The van der Waals surface area contributed by atoms with Crippen molar-refractivity contribution in [3.63, 3.8) is 0 Å². The van der Waals surface area contributed by atoms with Crippen molar-refractivity contribution in [2.45, 2.75) is 6.61 Å². The molecule has 1 amide bonds. The molecule has 0 spiro atoms. The average Bonchev–Trinajstić information content (AvgIpc) is 3.02. The minimum Gasteiger partial charge on any atom is -0.460 e. The first-order chi connectivity index (χ1) is 13.0. The molecule has 0 saturated heterocycles. The van der Waals surface area contributed by atoms with Crippen molar-refractivity contribution < 1.29 is 19.2 Å². The van der Waals surface area contributed by atoms with Crippen LogP contribution in [0.15, 0.2) is 48.5 Å². The summed E-state index contributed by atoms with van der Waals surface area (Å²) < 4.78 is 5.93. The van der Waals surface area contributed by atoms with Crippen LogP contribution in [0.2, 0.25) is 5.02 Å². The van der Waals surface area contributed by atoms with Crippen molar-refractivity contribution >= 4 is 50.6 Å². The van der Waals surface area contributed by atoms with Crippen LogP contribution in [0.25, 0.3) is 10.1 Å². The van der Waals surface area contributed by atoms with Crippen molar-refractivity contribution in [2.75, 3.05) is 6.54 Å². The van der Waals surface area contributed by atoms with E-state index in [1.807, 2.05) is 24.3 Å². The highest BCUT2D eigenvalue weighted by molar-refractivity contribution is 7.21. The highest BCUT2D eigenvalue weighted by atomic mass is 35.5. The summed E-state index contributed by atoms with van der Waals surface area (Å²) in [6.45, 7) is -0.354. The Morgan fingerprint density at radius 2 is 1.85 bits per heavy atom. The van der Waals surface area contributed by atoms with Gasteiger partial charge in [0.15, 0.2) is 0 Å². The topological polar surface area (TPSA) is 98.5 Å². The third-order valence-corrected chi connectivity index (χ3v) is 5.36. The van der Waals surface area contributed by atoms with Gasteiger partial charge in [0.2, 0.25) is 0 Å². The van der Waals surface area contributed by atoms with E-state index in [1.165, 1.54) is 35.6 Å². The Morgan fingerprint density at radius 1 is 1.15 bits per heavy atom. The van der Waals surface area contributed by atoms with Gasteiger partial charge in [-0.25, -0.2) is 0 Å². The van der Waals surface area contributed by atoms with Crippen LogP contribution in [0, 0.1) is 10.1 Å². The number of nitrogens with one attached hydrogen (secondary N) is 1. The van der Waals surface area contributed by atoms with E-state index in [-0.39, 0.29) is 18.8 Å². The summed E-state index contributed by atoms with van der Waals surface area (Å²) in [5, 5.41) is 14.2.